The average molecular weight is 241 g/mol. The van der Waals surface area contributed by atoms with Gasteiger partial charge < -0.3 is 10.4 Å². The molecule has 1 aromatic carbocycles. The zero-order chi connectivity index (χ0) is 11.5. The van der Waals surface area contributed by atoms with E-state index in [0.717, 1.165) is 31.7 Å². The van der Waals surface area contributed by atoms with Gasteiger partial charge in [0.15, 0.2) is 0 Å². The molecule has 1 aliphatic rings. The first-order chi connectivity index (χ1) is 7.68. The minimum absolute atomic E-state index is 0.236. The molecule has 1 fully saturated rings. The fraction of sp³-hybridized carbons (Fsp3) is 0.500. The van der Waals surface area contributed by atoms with Gasteiger partial charge in [-0.1, -0.05) is 17.7 Å². The number of nitrogens with zero attached hydrogens (tertiary/aromatic N) is 1. The number of benzene rings is 1. The fourth-order valence-electron chi connectivity index (χ4n) is 2.14. The van der Waals surface area contributed by atoms with E-state index in [0.29, 0.717) is 10.8 Å². The van der Waals surface area contributed by atoms with Crippen molar-refractivity contribution in [2.45, 2.75) is 13.0 Å². The lowest BCUT2D eigenvalue weighted by Gasteiger charge is -2.33. The molecule has 1 unspecified atom stereocenters. The summed E-state index contributed by atoms with van der Waals surface area (Å²) in [5, 5.41) is 13.8. The van der Waals surface area contributed by atoms with Crippen LogP contribution in [0, 0.1) is 0 Å². The van der Waals surface area contributed by atoms with Gasteiger partial charge in [-0.15, -0.1) is 0 Å². The van der Waals surface area contributed by atoms with Crippen LogP contribution >= 0.6 is 11.6 Å². The van der Waals surface area contributed by atoms with E-state index in [4.69, 9.17) is 11.6 Å². The van der Waals surface area contributed by atoms with Gasteiger partial charge in [0.2, 0.25) is 0 Å². The summed E-state index contributed by atoms with van der Waals surface area (Å²) in [4.78, 5) is 2.36. The molecule has 16 heavy (non-hydrogen) atoms. The topological polar surface area (TPSA) is 35.5 Å². The van der Waals surface area contributed by atoms with Crippen molar-refractivity contribution in [2.75, 3.05) is 26.2 Å². The highest BCUT2D eigenvalue weighted by atomic mass is 35.5. The van der Waals surface area contributed by atoms with Gasteiger partial charge in [0.1, 0.15) is 5.75 Å². The maximum Gasteiger partial charge on any atom is 0.121 e. The Morgan fingerprint density at radius 1 is 1.38 bits per heavy atom. The zero-order valence-corrected chi connectivity index (χ0v) is 10.2. The molecule has 3 nitrogen and oxygen atoms in total. The molecule has 1 saturated heterocycles. The second kappa shape index (κ2) is 5.04. The molecule has 0 aromatic heterocycles. The predicted octanol–water partition coefficient (Wildman–Crippen LogP) is 2.01. The van der Waals surface area contributed by atoms with Crippen LogP contribution in [0.2, 0.25) is 5.02 Å². The van der Waals surface area contributed by atoms with Crippen LogP contribution in [0.3, 0.4) is 0 Å². The maximum absolute atomic E-state index is 9.87. The van der Waals surface area contributed by atoms with E-state index in [1.54, 1.807) is 6.07 Å². The smallest absolute Gasteiger partial charge is 0.121 e. The van der Waals surface area contributed by atoms with Crippen LogP contribution in [0.5, 0.6) is 5.75 Å². The Labute approximate surface area is 101 Å². The summed E-state index contributed by atoms with van der Waals surface area (Å²) in [5.74, 6) is 0.290. The minimum atomic E-state index is 0.236. The van der Waals surface area contributed by atoms with Crippen molar-refractivity contribution in [3.63, 3.8) is 0 Å². The number of rotatable bonds is 2. The van der Waals surface area contributed by atoms with Crippen molar-refractivity contribution in [3.8, 4) is 5.75 Å². The molecule has 0 bridgehead atoms. The molecule has 0 radical (unpaired) electrons. The van der Waals surface area contributed by atoms with Crippen LogP contribution in [0.25, 0.3) is 0 Å². The van der Waals surface area contributed by atoms with Gasteiger partial charge in [0, 0.05) is 42.8 Å². The number of aromatic hydroxyl groups is 1. The molecule has 0 spiro atoms. The van der Waals surface area contributed by atoms with Gasteiger partial charge >= 0.3 is 0 Å². The lowest BCUT2D eigenvalue weighted by Crippen LogP contribution is -2.44. The van der Waals surface area contributed by atoms with E-state index in [1.807, 2.05) is 12.1 Å². The molecular weight excluding hydrogens is 224 g/mol. The molecular formula is C12H17ClN2O. The summed E-state index contributed by atoms with van der Waals surface area (Å²) in [6.45, 7) is 6.18. The van der Waals surface area contributed by atoms with Crippen LogP contribution in [0.1, 0.15) is 18.5 Å². The van der Waals surface area contributed by atoms with Gasteiger partial charge in [-0.25, -0.2) is 0 Å². The summed E-state index contributed by atoms with van der Waals surface area (Å²) in [6, 6.07) is 5.58. The van der Waals surface area contributed by atoms with Gasteiger partial charge in [-0.05, 0) is 19.1 Å². The number of hydrogen-bond donors (Lipinski definition) is 2. The summed E-state index contributed by atoms with van der Waals surface area (Å²) in [7, 11) is 0. The Morgan fingerprint density at radius 2 is 2.06 bits per heavy atom. The van der Waals surface area contributed by atoms with Crippen molar-refractivity contribution < 1.29 is 5.11 Å². The van der Waals surface area contributed by atoms with Gasteiger partial charge in [-0.3, -0.25) is 4.90 Å². The van der Waals surface area contributed by atoms with Gasteiger partial charge in [0.05, 0.1) is 0 Å². The molecule has 0 aliphatic carbocycles. The highest BCUT2D eigenvalue weighted by Gasteiger charge is 2.20. The quantitative estimate of drug-likeness (QED) is 0.830. The van der Waals surface area contributed by atoms with Crippen molar-refractivity contribution in [1.29, 1.82) is 0 Å². The number of hydrogen-bond acceptors (Lipinski definition) is 3. The zero-order valence-electron chi connectivity index (χ0n) is 9.41. The van der Waals surface area contributed by atoms with E-state index >= 15 is 0 Å². The van der Waals surface area contributed by atoms with E-state index in [2.05, 4.69) is 17.1 Å². The number of phenolic OH excluding ortho intramolecular Hbond substituents is 1. The maximum atomic E-state index is 9.87. The van der Waals surface area contributed by atoms with Crippen LogP contribution < -0.4 is 5.32 Å². The largest absolute Gasteiger partial charge is 0.508 e. The van der Waals surface area contributed by atoms with Crippen LogP contribution in [-0.4, -0.2) is 36.2 Å². The first-order valence-corrected chi connectivity index (χ1v) is 5.99. The number of piperazine rings is 1. The molecule has 1 aliphatic heterocycles. The van der Waals surface area contributed by atoms with Crippen LogP contribution in [0.15, 0.2) is 18.2 Å². The second-order valence-electron chi connectivity index (χ2n) is 4.17. The van der Waals surface area contributed by atoms with E-state index in [-0.39, 0.29) is 6.04 Å². The van der Waals surface area contributed by atoms with Crippen LogP contribution in [0.4, 0.5) is 0 Å². The lowest BCUT2D eigenvalue weighted by molar-refractivity contribution is 0.183. The summed E-state index contributed by atoms with van der Waals surface area (Å²) in [6.07, 6.45) is 0. The van der Waals surface area contributed by atoms with Crippen molar-refractivity contribution >= 4 is 11.6 Å². The number of phenols is 1. The third-order valence-electron chi connectivity index (χ3n) is 3.14. The van der Waals surface area contributed by atoms with Crippen molar-refractivity contribution in [3.05, 3.63) is 28.8 Å². The molecule has 2 N–H and O–H groups in total. The number of halogens is 1. The Hall–Kier alpha value is -0.770. The molecule has 1 atom stereocenters. The number of nitrogens with one attached hydrogen (secondary N) is 1. The van der Waals surface area contributed by atoms with Gasteiger partial charge in [-0.2, -0.15) is 0 Å². The lowest BCUT2D eigenvalue weighted by atomic mass is 10.1. The van der Waals surface area contributed by atoms with Crippen molar-refractivity contribution in [1.82, 2.24) is 10.2 Å². The summed E-state index contributed by atoms with van der Waals surface area (Å²) < 4.78 is 0. The monoisotopic (exact) mass is 240 g/mol. The summed E-state index contributed by atoms with van der Waals surface area (Å²) >= 11 is 5.82. The Balaban J connectivity index is 2.15. The average Bonchev–Trinajstić information content (AvgIpc) is 2.29. The Bertz CT molecular complexity index is 364. The van der Waals surface area contributed by atoms with E-state index in [1.165, 1.54) is 0 Å². The third kappa shape index (κ3) is 2.48. The summed E-state index contributed by atoms with van der Waals surface area (Å²) in [5.41, 5.74) is 0.950. The molecule has 0 saturated carbocycles. The van der Waals surface area contributed by atoms with E-state index < -0.39 is 0 Å². The molecule has 1 aromatic rings. The third-order valence-corrected chi connectivity index (χ3v) is 3.38. The predicted molar refractivity (Wildman–Crippen MR) is 66.0 cm³/mol. The molecule has 1 heterocycles. The Morgan fingerprint density at radius 3 is 2.69 bits per heavy atom. The standard InChI is InChI=1S/C12H17ClN2O/c1-9(15-6-4-14-5-7-15)11-3-2-10(13)8-12(11)16/h2-3,8-9,14,16H,4-7H2,1H3. The molecule has 0 amide bonds. The molecule has 88 valence electrons. The Kier molecular flexibility index (Phi) is 3.69. The fourth-order valence-corrected chi connectivity index (χ4v) is 2.30. The SMILES string of the molecule is CC(c1ccc(Cl)cc1O)N1CCNCC1. The normalized spacial score (nSPS) is 19.6. The highest BCUT2D eigenvalue weighted by molar-refractivity contribution is 6.30. The van der Waals surface area contributed by atoms with Gasteiger partial charge in [0.25, 0.3) is 0 Å². The van der Waals surface area contributed by atoms with Crippen LogP contribution in [-0.2, 0) is 0 Å². The van der Waals surface area contributed by atoms with Crippen molar-refractivity contribution in [2.24, 2.45) is 0 Å². The first-order valence-electron chi connectivity index (χ1n) is 5.61. The highest BCUT2D eigenvalue weighted by Crippen LogP contribution is 2.30. The van der Waals surface area contributed by atoms with E-state index in [9.17, 15) is 5.11 Å². The molecule has 2 rings (SSSR count). The first kappa shape index (κ1) is 11.7. The minimum Gasteiger partial charge on any atom is -0.508 e. The molecule has 4 heteroatoms. The second-order valence-corrected chi connectivity index (χ2v) is 4.60.